The van der Waals surface area contributed by atoms with E-state index >= 15 is 0 Å². The van der Waals surface area contributed by atoms with Gasteiger partial charge in [0.2, 0.25) is 5.95 Å². The van der Waals surface area contributed by atoms with Gasteiger partial charge in [-0.25, -0.2) is 9.97 Å². The number of H-pyrrole nitrogens is 1. The molecular weight excluding hydrogens is 302 g/mol. The van der Waals surface area contributed by atoms with E-state index in [1.807, 2.05) is 37.3 Å². The third kappa shape index (κ3) is 2.91. The maximum Gasteiger partial charge on any atom is 0.231 e. The average molecular weight is 319 g/mol. The Morgan fingerprint density at radius 2 is 2.04 bits per heavy atom. The fourth-order valence-corrected chi connectivity index (χ4v) is 2.35. The molecule has 120 valence electrons. The lowest BCUT2D eigenvalue weighted by Gasteiger charge is -2.04. The minimum atomic E-state index is 0. The van der Waals surface area contributed by atoms with Gasteiger partial charge in [0.15, 0.2) is 11.6 Å². The first-order valence-corrected chi connectivity index (χ1v) is 7.11. The second-order valence-electron chi connectivity index (χ2n) is 5.12. The fraction of sp³-hybridized carbons (Fsp3) is 0.118. The highest BCUT2D eigenvalue weighted by Crippen LogP contribution is 2.22. The van der Waals surface area contributed by atoms with Crippen LogP contribution in [0.4, 0.5) is 11.8 Å². The summed E-state index contributed by atoms with van der Waals surface area (Å²) in [6.07, 6.45) is 4.93. The van der Waals surface area contributed by atoms with Crippen molar-refractivity contribution in [3.63, 3.8) is 0 Å². The van der Waals surface area contributed by atoms with E-state index in [1.165, 1.54) is 6.33 Å². The average Bonchev–Trinajstić information content (AvgIpc) is 2.98. The Kier molecular flexibility index (Phi) is 4.15. The number of nitrogens with zero attached hydrogens (tertiary/aromatic N) is 5. The minimum absolute atomic E-state index is 0. The number of pyridine rings is 1. The summed E-state index contributed by atoms with van der Waals surface area (Å²) in [5.74, 6) is 1.72. The number of nitrogens with one attached hydrogen (secondary N) is 2. The molecule has 3 heterocycles. The summed E-state index contributed by atoms with van der Waals surface area (Å²) in [7, 11) is 0. The molecule has 0 bridgehead atoms. The Bertz CT molecular complexity index is 977. The topological polar surface area (TPSA) is 92.3 Å². The van der Waals surface area contributed by atoms with E-state index in [-0.39, 0.29) is 7.43 Å². The van der Waals surface area contributed by atoms with Crippen molar-refractivity contribution in [3.05, 3.63) is 54.6 Å². The van der Waals surface area contributed by atoms with Gasteiger partial charge in [0.1, 0.15) is 6.33 Å². The molecule has 0 aliphatic heterocycles. The minimum Gasteiger partial charge on any atom is -0.307 e. The van der Waals surface area contributed by atoms with Crippen LogP contribution in [0.5, 0.6) is 0 Å². The van der Waals surface area contributed by atoms with Crippen LogP contribution in [0, 0.1) is 6.92 Å². The van der Waals surface area contributed by atoms with Gasteiger partial charge >= 0.3 is 0 Å². The van der Waals surface area contributed by atoms with Crippen LogP contribution in [0.25, 0.3) is 22.3 Å². The van der Waals surface area contributed by atoms with E-state index in [1.54, 1.807) is 12.4 Å². The van der Waals surface area contributed by atoms with E-state index in [4.69, 9.17) is 0 Å². The highest BCUT2D eigenvalue weighted by Gasteiger charge is 2.09. The number of aromatic nitrogens is 6. The van der Waals surface area contributed by atoms with E-state index in [2.05, 4.69) is 35.5 Å². The zero-order valence-corrected chi connectivity index (χ0v) is 12.4. The quantitative estimate of drug-likeness (QED) is 0.600. The predicted molar refractivity (Wildman–Crippen MR) is 93.9 cm³/mol. The molecule has 0 aliphatic carbocycles. The number of hydrogen-bond donors (Lipinski definition) is 2. The molecule has 0 radical (unpaired) electrons. The molecule has 4 rings (SSSR count). The van der Waals surface area contributed by atoms with Gasteiger partial charge in [0, 0.05) is 17.1 Å². The highest BCUT2D eigenvalue weighted by molar-refractivity contribution is 5.90. The number of aryl methyl sites for hydroxylation is 1. The van der Waals surface area contributed by atoms with Crippen molar-refractivity contribution in [3.8, 4) is 11.4 Å². The third-order valence-electron chi connectivity index (χ3n) is 3.44. The van der Waals surface area contributed by atoms with E-state index < -0.39 is 0 Å². The van der Waals surface area contributed by atoms with Crippen molar-refractivity contribution in [2.75, 3.05) is 5.32 Å². The predicted octanol–water partition coefficient (Wildman–Crippen LogP) is 3.50. The summed E-state index contributed by atoms with van der Waals surface area (Å²) < 4.78 is 0. The van der Waals surface area contributed by atoms with Crippen LogP contribution in [-0.4, -0.2) is 30.1 Å². The first kappa shape index (κ1) is 15.5. The number of anilines is 2. The lowest BCUT2D eigenvalue weighted by Crippen LogP contribution is -2.00. The standard InChI is InChI=1S/C16H13N7.CH4/c1-10-3-2-4-11(7-10)14-18-9-19-16(20-14)21-15-12-5-6-17-8-13(12)22-23-15;/h2-9H,1H3,(H2,18,19,20,21,22,23);1H4. The normalized spacial score (nSPS) is 10.4. The van der Waals surface area contributed by atoms with E-state index in [0.29, 0.717) is 17.6 Å². The molecule has 24 heavy (non-hydrogen) atoms. The summed E-state index contributed by atoms with van der Waals surface area (Å²) in [5, 5.41) is 11.2. The van der Waals surface area contributed by atoms with E-state index in [0.717, 1.165) is 22.0 Å². The van der Waals surface area contributed by atoms with Gasteiger partial charge < -0.3 is 5.32 Å². The van der Waals surface area contributed by atoms with Gasteiger partial charge in [-0.1, -0.05) is 31.2 Å². The number of fused-ring (bicyclic) bond motifs is 1. The molecule has 0 amide bonds. The van der Waals surface area contributed by atoms with Crippen molar-refractivity contribution in [1.82, 2.24) is 30.1 Å². The molecule has 7 nitrogen and oxygen atoms in total. The molecule has 0 saturated carbocycles. The monoisotopic (exact) mass is 319 g/mol. The van der Waals surface area contributed by atoms with Crippen LogP contribution in [0.1, 0.15) is 13.0 Å². The van der Waals surface area contributed by atoms with E-state index in [9.17, 15) is 0 Å². The van der Waals surface area contributed by atoms with Crippen LogP contribution in [0.2, 0.25) is 0 Å². The summed E-state index contributed by atoms with van der Waals surface area (Å²) in [6.45, 7) is 2.04. The zero-order chi connectivity index (χ0) is 15.6. The van der Waals surface area contributed by atoms with Crippen molar-refractivity contribution in [2.45, 2.75) is 14.4 Å². The molecule has 0 spiro atoms. The maximum absolute atomic E-state index is 4.46. The highest BCUT2D eigenvalue weighted by atomic mass is 15.2. The van der Waals surface area contributed by atoms with Gasteiger partial charge in [0.05, 0.1) is 11.7 Å². The van der Waals surface area contributed by atoms with Gasteiger partial charge in [0.25, 0.3) is 0 Å². The molecule has 7 heteroatoms. The number of hydrogen-bond acceptors (Lipinski definition) is 6. The zero-order valence-electron chi connectivity index (χ0n) is 12.4. The second kappa shape index (κ2) is 6.41. The summed E-state index contributed by atoms with van der Waals surface area (Å²) in [4.78, 5) is 16.9. The molecule has 0 unspecified atom stereocenters. The molecule has 2 N–H and O–H groups in total. The van der Waals surface area contributed by atoms with Crippen LogP contribution >= 0.6 is 0 Å². The molecule has 0 atom stereocenters. The third-order valence-corrected chi connectivity index (χ3v) is 3.44. The SMILES string of the molecule is C.Cc1cccc(-c2ncnc(Nc3n[nH]c4cnccc34)n2)c1. The molecule has 3 aromatic heterocycles. The smallest absolute Gasteiger partial charge is 0.231 e. The van der Waals surface area contributed by atoms with Gasteiger partial charge in [-0.05, 0) is 19.1 Å². The Morgan fingerprint density at radius 3 is 2.92 bits per heavy atom. The first-order valence-electron chi connectivity index (χ1n) is 7.11. The molecule has 0 fully saturated rings. The van der Waals surface area contributed by atoms with Crippen LogP contribution in [-0.2, 0) is 0 Å². The summed E-state index contributed by atoms with van der Waals surface area (Å²) in [6, 6.07) is 9.91. The van der Waals surface area contributed by atoms with Crippen molar-refractivity contribution in [1.29, 1.82) is 0 Å². The number of benzene rings is 1. The lowest BCUT2D eigenvalue weighted by molar-refractivity contribution is 1.05. The van der Waals surface area contributed by atoms with Crippen LogP contribution in [0.3, 0.4) is 0 Å². The Balaban J connectivity index is 0.00000169. The van der Waals surface area contributed by atoms with Crippen LogP contribution < -0.4 is 5.32 Å². The van der Waals surface area contributed by atoms with Crippen LogP contribution in [0.15, 0.2) is 49.1 Å². The molecule has 4 aromatic rings. The lowest BCUT2D eigenvalue weighted by atomic mass is 10.1. The second-order valence-corrected chi connectivity index (χ2v) is 5.12. The largest absolute Gasteiger partial charge is 0.307 e. The van der Waals surface area contributed by atoms with Crippen molar-refractivity contribution in [2.24, 2.45) is 0 Å². The first-order chi connectivity index (χ1) is 11.3. The summed E-state index contributed by atoms with van der Waals surface area (Å²) >= 11 is 0. The van der Waals surface area contributed by atoms with Crippen molar-refractivity contribution >= 4 is 22.7 Å². The molecule has 0 aliphatic rings. The Labute approximate surface area is 139 Å². The Hall–Kier alpha value is -3.35. The number of aromatic amines is 1. The fourth-order valence-electron chi connectivity index (χ4n) is 2.35. The number of rotatable bonds is 3. The van der Waals surface area contributed by atoms with Gasteiger partial charge in [-0.3, -0.25) is 10.1 Å². The molecular formula is C17H17N7. The van der Waals surface area contributed by atoms with Gasteiger partial charge in [-0.15, -0.1) is 0 Å². The molecule has 0 saturated heterocycles. The van der Waals surface area contributed by atoms with Crippen molar-refractivity contribution < 1.29 is 0 Å². The maximum atomic E-state index is 4.46. The Morgan fingerprint density at radius 1 is 1.12 bits per heavy atom. The van der Waals surface area contributed by atoms with Gasteiger partial charge in [-0.2, -0.15) is 10.1 Å². The summed E-state index contributed by atoms with van der Waals surface area (Å²) in [5.41, 5.74) is 2.96. The molecule has 1 aromatic carbocycles.